The van der Waals surface area contributed by atoms with Gasteiger partial charge in [-0.25, -0.2) is 0 Å². The molecule has 1 aliphatic heterocycles. The molecule has 1 atom stereocenters. The summed E-state index contributed by atoms with van der Waals surface area (Å²) in [6, 6.07) is 7.98. The zero-order chi connectivity index (χ0) is 13.7. The van der Waals surface area contributed by atoms with Crippen molar-refractivity contribution < 1.29 is 14.2 Å². The lowest BCUT2D eigenvalue weighted by atomic mass is 10.0. The summed E-state index contributed by atoms with van der Waals surface area (Å²) in [5.41, 5.74) is 0.849. The summed E-state index contributed by atoms with van der Waals surface area (Å²) in [6.45, 7) is 5.65. The Balaban J connectivity index is 2.10. The second kappa shape index (κ2) is 6.90. The van der Waals surface area contributed by atoms with Gasteiger partial charge in [-0.05, 0) is 32.8 Å². The monoisotopic (exact) mass is 376 g/mol. The van der Waals surface area contributed by atoms with Crippen LogP contribution in [-0.2, 0) is 9.47 Å². The van der Waals surface area contributed by atoms with Crippen molar-refractivity contribution in [3.8, 4) is 5.75 Å². The average molecular weight is 376 g/mol. The number of benzene rings is 1. The number of alkyl halides is 1. The van der Waals surface area contributed by atoms with E-state index in [1.807, 2.05) is 24.3 Å². The van der Waals surface area contributed by atoms with Crippen LogP contribution in [0.5, 0.6) is 5.75 Å². The number of ether oxygens (including phenoxy) is 3. The molecule has 3 nitrogen and oxygen atoms in total. The lowest BCUT2D eigenvalue weighted by Crippen LogP contribution is -2.34. The van der Waals surface area contributed by atoms with Crippen LogP contribution in [0.15, 0.2) is 24.3 Å². The van der Waals surface area contributed by atoms with Gasteiger partial charge in [-0.1, -0.05) is 40.8 Å². The molecule has 1 aromatic rings. The van der Waals surface area contributed by atoms with Gasteiger partial charge in [0.2, 0.25) is 0 Å². The van der Waals surface area contributed by atoms with Crippen molar-refractivity contribution in [1.82, 2.24) is 0 Å². The highest BCUT2D eigenvalue weighted by molar-refractivity contribution is 14.1. The normalized spacial score (nSPS) is 22.2. The fourth-order valence-electron chi connectivity index (χ4n) is 1.99. The highest BCUT2D eigenvalue weighted by Gasteiger charge is 2.31. The third-order valence-corrected chi connectivity index (χ3v) is 3.87. The summed E-state index contributed by atoms with van der Waals surface area (Å²) in [4.78, 5) is 0. The van der Waals surface area contributed by atoms with Crippen LogP contribution >= 0.6 is 22.6 Å². The maximum atomic E-state index is 6.00. The minimum Gasteiger partial charge on any atom is -0.493 e. The quantitative estimate of drug-likeness (QED) is 0.440. The second-order valence-corrected chi connectivity index (χ2v) is 6.34. The Morgan fingerprint density at radius 3 is 2.89 bits per heavy atom. The third-order valence-electron chi connectivity index (χ3n) is 3.11. The summed E-state index contributed by atoms with van der Waals surface area (Å²) >= 11 is 2.36. The molecule has 1 unspecified atom stereocenters. The zero-order valence-electron chi connectivity index (χ0n) is 11.5. The average Bonchev–Trinajstić information content (AvgIpc) is 2.38. The lowest BCUT2D eigenvalue weighted by molar-refractivity contribution is -0.250. The van der Waals surface area contributed by atoms with Crippen molar-refractivity contribution in [2.24, 2.45) is 0 Å². The van der Waals surface area contributed by atoms with Gasteiger partial charge in [0, 0.05) is 9.99 Å². The smallest absolute Gasteiger partial charge is 0.187 e. The first-order chi connectivity index (χ1) is 9.12. The molecule has 0 bridgehead atoms. The highest BCUT2D eigenvalue weighted by Crippen LogP contribution is 2.36. The van der Waals surface area contributed by atoms with Crippen molar-refractivity contribution in [2.45, 2.75) is 38.6 Å². The number of rotatable bonds is 5. The first-order valence-electron chi connectivity index (χ1n) is 6.69. The highest BCUT2D eigenvalue weighted by atomic mass is 127. The second-order valence-electron chi connectivity index (χ2n) is 5.26. The van der Waals surface area contributed by atoms with E-state index < -0.39 is 0 Å². The van der Waals surface area contributed by atoms with Crippen LogP contribution < -0.4 is 4.74 Å². The summed E-state index contributed by atoms with van der Waals surface area (Å²) in [7, 11) is 0. The molecule has 0 aromatic heterocycles. The Morgan fingerprint density at radius 2 is 2.16 bits per heavy atom. The summed E-state index contributed by atoms with van der Waals surface area (Å²) in [6.07, 6.45) is 1.65. The van der Waals surface area contributed by atoms with Gasteiger partial charge in [0.1, 0.15) is 5.75 Å². The molecule has 1 fully saturated rings. The van der Waals surface area contributed by atoms with Gasteiger partial charge < -0.3 is 14.2 Å². The van der Waals surface area contributed by atoms with Crippen molar-refractivity contribution in [3.05, 3.63) is 29.8 Å². The van der Waals surface area contributed by atoms with Gasteiger partial charge in [0.25, 0.3) is 0 Å². The van der Waals surface area contributed by atoms with E-state index >= 15 is 0 Å². The number of hydrogen-bond donors (Lipinski definition) is 0. The van der Waals surface area contributed by atoms with E-state index in [1.54, 1.807) is 0 Å². The molecule has 0 N–H and O–H groups in total. The first kappa shape index (κ1) is 15.1. The van der Waals surface area contributed by atoms with Crippen LogP contribution in [0.1, 0.15) is 38.5 Å². The van der Waals surface area contributed by atoms with E-state index in [1.165, 1.54) is 0 Å². The molecule has 0 spiro atoms. The van der Waals surface area contributed by atoms with Crippen molar-refractivity contribution >= 4 is 22.6 Å². The molecular weight excluding hydrogens is 355 g/mol. The Kier molecular flexibility index (Phi) is 5.47. The van der Waals surface area contributed by atoms with E-state index in [9.17, 15) is 0 Å². The molecule has 0 amide bonds. The van der Waals surface area contributed by atoms with Gasteiger partial charge >= 0.3 is 0 Å². The molecule has 0 saturated carbocycles. The fourth-order valence-corrected chi connectivity index (χ4v) is 2.30. The van der Waals surface area contributed by atoms with E-state index in [4.69, 9.17) is 14.2 Å². The van der Waals surface area contributed by atoms with Crippen LogP contribution in [0.3, 0.4) is 0 Å². The van der Waals surface area contributed by atoms with Gasteiger partial charge in [0.15, 0.2) is 6.29 Å². The zero-order valence-corrected chi connectivity index (χ0v) is 13.7. The van der Waals surface area contributed by atoms with Crippen LogP contribution in [0.25, 0.3) is 0 Å². The Bertz CT molecular complexity index is 406. The Morgan fingerprint density at radius 1 is 1.37 bits per heavy atom. The van der Waals surface area contributed by atoms with Gasteiger partial charge in [-0.2, -0.15) is 0 Å². The number of para-hydroxylation sites is 1. The van der Waals surface area contributed by atoms with Crippen molar-refractivity contribution in [3.63, 3.8) is 0 Å². The molecule has 1 heterocycles. The topological polar surface area (TPSA) is 27.7 Å². The number of hydrogen-bond acceptors (Lipinski definition) is 3. The SMILES string of the molecule is CC1(C)CCOC(c2ccccc2OCCCI)O1. The van der Waals surface area contributed by atoms with Crippen LogP contribution in [-0.4, -0.2) is 23.2 Å². The molecular formula is C15H21IO3. The predicted molar refractivity (Wildman–Crippen MR) is 83.9 cm³/mol. The minimum absolute atomic E-state index is 0.141. The third kappa shape index (κ3) is 4.33. The van der Waals surface area contributed by atoms with Crippen LogP contribution in [0.4, 0.5) is 0 Å². The van der Waals surface area contributed by atoms with E-state index in [0.717, 1.165) is 41.8 Å². The molecule has 2 rings (SSSR count). The molecule has 106 valence electrons. The van der Waals surface area contributed by atoms with Gasteiger partial charge in [-0.3, -0.25) is 0 Å². The molecule has 0 aliphatic carbocycles. The molecule has 4 heteroatoms. The lowest BCUT2D eigenvalue weighted by Gasteiger charge is -2.36. The Hall–Kier alpha value is -0.330. The number of halogens is 1. The molecule has 19 heavy (non-hydrogen) atoms. The molecule has 1 aromatic carbocycles. The summed E-state index contributed by atoms with van der Waals surface area (Å²) < 4.78 is 18.7. The predicted octanol–water partition coefficient (Wildman–Crippen LogP) is 4.10. The van der Waals surface area contributed by atoms with Gasteiger partial charge in [-0.15, -0.1) is 0 Å². The standard InChI is InChI=1S/C15H21IO3/c1-15(2)8-11-18-14(19-15)12-6-3-4-7-13(12)17-10-5-9-16/h3-4,6-7,14H,5,8-11H2,1-2H3. The maximum absolute atomic E-state index is 6.00. The first-order valence-corrected chi connectivity index (χ1v) is 8.22. The van der Waals surface area contributed by atoms with E-state index in [2.05, 4.69) is 36.4 Å². The molecule has 1 saturated heterocycles. The van der Waals surface area contributed by atoms with Crippen molar-refractivity contribution in [1.29, 1.82) is 0 Å². The molecule has 0 radical (unpaired) electrons. The fraction of sp³-hybridized carbons (Fsp3) is 0.600. The molecule has 1 aliphatic rings. The summed E-state index contributed by atoms with van der Waals surface area (Å²) in [5.74, 6) is 0.870. The summed E-state index contributed by atoms with van der Waals surface area (Å²) in [5, 5.41) is 0. The Labute approximate surface area is 128 Å². The van der Waals surface area contributed by atoms with E-state index in [-0.39, 0.29) is 11.9 Å². The van der Waals surface area contributed by atoms with E-state index in [0.29, 0.717) is 0 Å². The van der Waals surface area contributed by atoms with Crippen LogP contribution in [0.2, 0.25) is 0 Å². The maximum Gasteiger partial charge on any atom is 0.187 e. The largest absolute Gasteiger partial charge is 0.493 e. The minimum atomic E-state index is -0.320. The van der Waals surface area contributed by atoms with Crippen molar-refractivity contribution in [2.75, 3.05) is 17.6 Å². The van der Waals surface area contributed by atoms with Gasteiger partial charge in [0.05, 0.1) is 18.8 Å². The van der Waals surface area contributed by atoms with Crippen LogP contribution in [0, 0.1) is 0 Å².